The van der Waals surface area contributed by atoms with E-state index in [4.69, 9.17) is 4.74 Å². The van der Waals surface area contributed by atoms with Gasteiger partial charge in [-0.05, 0) is 36.4 Å². The van der Waals surface area contributed by atoms with E-state index in [0.717, 1.165) is 12.1 Å². The van der Waals surface area contributed by atoms with Crippen LogP contribution >= 0.6 is 0 Å². The number of pyridine rings is 2. The van der Waals surface area contributed by atoms with Crippen molar-refractivity contribution < 1.29 is 36.2 Å². The van der Waals surface area contributed by atoms with Crippen LogP contribution in [0.2, 0.25) is 0 Å². The molecule has 2 aromatic heterocycles. The Hall–Kier alpha value is -3.96. The largest absolute Gasteiger partial charge is 0.573 e. The fraction of sp³-hybridized carbons (Fsp3) is 0.190. The lowest BCUT2D eigenvalue weighted by atomic mass is 10.1. The molecule has 3 aromatic rings. The first-order valence-electron chi connectivity index (χ1n) is 9.48. The molecule has 2 N–H and O–H groups in total. The van der Waals surface area contributed by atoms with Gasteiger partial charge in [-0.1, -0.05) is 12.1 Å². The molecule has 1 aliphatic heterocycles. The third-order valence-electron chi connectivity index (χ3n) is 4.15. The second kappa shape index (κ2) is 10.6. The van der Waals surface area contributed by atoms with Crippen molar-refractivity contribution in [2.45, 2.75) is 18.8 Å². The number of anilines is 1. The molecule has 0 saturated heterocycles. The van der Waals surface area contributed by atoms with Crippen LogP contribution in [-0.2, 0) is 0 Å². The number of ether oxygens (including phenoxy) is 2. The number of benzene rings is 1. The van der Waals surface area contributed by atoms with Gasteiger partial charge in [0.15, 0.2) is 11.6 Å². The summed E-state index contributed by atoms with van der Waals surface area (Å²) in [4.78, 5) is 19.7. The maximum atomic E-state index is 12.7. The van der Waals surface area contributed by atoms with Gasteiger partial charge in [-0.2, -0.15) is 4.39 Å². The molecule has 1 atom stereocenters. The molecule has 7 nitrogen and oxygen atoms in total. The molecule has 0 aliphatic carbocycles. The fourth-order valence-electron chi connectivity index (χ4n) is 2.78. The number of hydrogen-bond donors (Lipinski definition) is 2. The average molecular weight is 468 g/mol. The number of hydrogen-bond acceptors (Lipinski definition) is 5. The first kappa shape index (κ1) is 23.7. The molecule has 0 bridgehead atoms. The quantitative estimate of drug-likeness (QED) is 0.418. The highest BCUT2D eigenvalue weighted by atomic mass is 19.4. The fourth-order valence-corrected chi connectivity index (χ4v) is 2.78. The average Bonchev–Trinajstić information content (AvgIpc) is 2.77. The van der Waals surface area contributed by atoms with Crippen LogP contribution in [0.15, 0.2) is 60.9 Å². The number of alkyl halides is 3. The molecule has 0 saturated carbocycles. The Bertz CT molecular complexity index is 1080. The molecule has 3 heterocycles. The summed E-state index contributed by atoms with van der Waals surface area (Å²) in [7, 11) is 0. The van der Waals surface area contributed by atoms with Crippen LogP contribution in [0, 0.1) is 11.8 Å². The lowest BCUT2D eigenvalue weighted by molar-refractivity contribution is -0.275. The third kappa shape index (κ3) is 7.30. The van der Waals surface area contributed by atoms with E-state index in [0.29, 0.717) is 30.2 Å². The minimum atomic E-state index is -4.85. The summed E-state index contributed by atoms with van der Waals surface area (Å²) in [6, 6.07) is 9.94. The van der Waals surface area contributed by atoms with E-state index in [-0.39, 0.29) is 6.04 Å². The lowest BCUT2D eigenvalue weighted by Crippen LogP contribution is -2.35. The summed E-state index contributed by atoms with van der Waals surface area (Å²) in [5, 5.41) is 5.42. The Morgan fingerprint density at radius 1 is 1.06 bits per heavy atom. The van der Waals surface area contributed by atoms with E-state index in [1.807, 2.05) is 6.07 Å². The van der Waals surface area contributed by atoms with Crippen LogP contribution in [0.25, 0.3) is 0 Å². The third-order valence-corrected chi connectivity index (χ3v) is 4.15. The molecule has 1 aromatic carbocycles. The van der Waals surface area contributed by atoms with Crippen molar-refractivity contribution in [3.05, 3.63) is 78.4 Å². The molecular formula is C21H17F5N4O3. The number of nitrogens with zero attached hydrogens (tertiary/aromatic N) is 2. The van der Waals surface area contributed by atoms with Crippen LogP contribution in [0.4, 0.5) is 32.4 Å². The maximum absolute atomic E-state index is 12.7. The Morgan fingerprint density at radius 2 is 1.85 bits per heavy atom. The number of rotatable bonds is 3. The first-order valence-corrected chi connectivity index (χ1v) is 9.48. The predicted molar refractivity (Wildman–Crippen MR) is 107 cm³/mol. The van der Waals surface area contributed by atoms with Gasteiger partial charge in [0.2, 0.25) is 5.95 Å². The molecule has 1 aliphatic rings. The number of urea groups is 1. The second-order valence-corrected chi connectivity index (χ2v) is 6.52. The minimum Gasteiger partial charge on any atom is -0.491 e. The normalized spacial score (nSPS) is 14.6. The zero-order valence-electron chi connectivity index (χ0n) is 16.8. The molecule has 0 fully saturated rings. The summed E-state index contributed by atoms with van der Waals surface area (Å²) in [5.41, 5.74) is 1.12. The van der Waals surface area contributed by atoms with Gasteiger partial charge in [0.1, 0.15) is 11.4 Å². The highest BCUT2D eigenvalue weighted by molar-refractivity contribution is 5.89. The standard InChI is InChI=1S/C14H13FN4O2.C7H4F4O/c15-12-4-3-9(8-17-12)18-14(20)19-10-5-7-21-11-2-1-6-16-13(10)11;8-5-3-1-2-4-6(5)12-7(9,10)11/h1-4,6,8,10H,5,7H2,(H2,18,19,20);1-4H. The van der Waals surface area contributed by atoms with Crippen LogP contribution in [0.1, 0.15) is 18.2 Å². The smallest absolute Gasteiger partial charge is 0.491 e. The molecule has 2 amide bonds. The van der Waals surface area contributed by atoms with Gasteiger partial charge in [0, 0.05) is 12.6 Å². The molecule has 4 rings (SSSR count). The van der Waals surface area contributed by atoms with Crippen molar-refractivity contribution >= 4 is 11.7 Å². The monoisotopic (exact) mass is 468 g/mol. The van der Waals surface area contributed by atoms with E-state index >= 15 is 0 Å². The van der Waals surface area contributed by atoms with E-state index in [9.17, 15) is 26.7 Å². The molecule has 174 valence electrons. The number of halogens is 5. The molecule has 33 heavy (non-hydrogen) atoms. The summed E-state index contributed by atoms with van der Waals surface area (Å²) >= 11 is 0. The predicted octanol–water partition coefficient (Wildman–Crippen LogP) is 4.99. The summed E-state index contributed by atoms with van der Waals surface area (Å²) in [6.45, 7) is 0.516. The highest BCUT2D eigenvalue weighted by Crippen LogP contribution is 2.29. The van der Waals surface area contributed by atoms with Crippen LogP contribution in [0.3, 0.4) is 0 Å². The second-order valence-electron chi connectivity index (χ2n) is 6.52. The summed E-state index contributed by atoms with van der Waals surface area (Å²) < 4.78 is 68.6. The number of amides is 2. The SMILES string of the molecule is Fc1ccccc1OC(F)(F)F.O=C(Nc1ccc(F)nc1)NC1CCOc2cccnc21. The van der Waals surface area contributed by atoms with Gasteiger partial charge in [-0.25, -0.2) is 14.2 Å². The molecule has 0 spiro atoms. The van der Waals surface area contributed by atoms with Gasteiger partial charge >= 0.3 is 12.4 Å². The lowest BCUT2D eigenvalue weighted by Gasteiger charge is -2.25. The topological polar surface area (TPSA) is 85.4 Å². The van der Waals surface area contributed by atoms with Crippen molar-refractivity contribution in [2.24, 2.45) is 0 Å². The van der Waals surface area contributed by atoms with Crippen LogP contribution in [0.5, 0.6) is 11.5 Å². The van der Waals surface area contributed by atoms with Gasteiger partial charge in [-0.15, -0.1) is 13.2 Å². The number of aromatic nitrogens is 2. The van der Waals surface area contributed by atoms with Gasteiger partial charge in [-0.3, -0.25) is 4.98 Å². The Labute approximate surface area is 184 Å². The number of carbonyl (C=O) groups is 1. The number of carbonyl (C=O) groups excluding carboxylic acids is 1. The molecule has 12 heteroatoms. The van der Waals surface area contributed by atoms with E-state index in [1.165, 1.54) is 30.5 Å². The minimum absolute atomic E-state index is 0.219. The van der Waals surface area contributed by atoms with E-state index in [1.54, 1.807) is 12.3 Å². The summed E-state index contributed by atoms with van der Waals surface area (Å²) in [5.74, 6) is -1.76. The Balaban J connectivity index is 0.000000218. The van der Waals surface area contributed by atoms with Crippen molar-refractivity contribution in [1.82, 2.24) is 15.3 Å². The van der Waals surface area contributed by atoms with Crippen molar-refractivity contribution in [1.29, 1.82) is 0 Å². The molecular weight excluding hydrogens is 451 g/mol. The van der Waals surface area contributed by atoms with Crippen LogP contribution in [-0.4, -0.2) is 29.0 Å². The van der Waals surface area contributed by atoms with Crippen LogP contribution < -0.4 is 20.1 Å². The van der Waals surface area contributed by atoms with Gasteiger partial charge in [0.25, 0.3) is 0 Å². The molecule has 1 unspecified atom stereocenters. The summed E-state index contributed by atoms with van der Waals surface area (Å²) in [6.07, 6.45) is -1.30. The number of para-hydroxylation sites is 1. The Morgan fingerprint density at radius 3 is 2.55 bits per heavy atom. The van der Waals surface area contributed by atoms with Gasteiger partial charge in [0.05, 0.1) is 24.5 Å². The highest BCUT2D eigenvalue weighted by Gasteiger charge is 2.32. The van der Waals surface area contributed by atoms with Crippen molar-refractivity contribution in [2.75, 3.05) is 11.9 Å². The van der Waals surface area contributed by atoms with Gasteiger partial charge < -0.3 is 20.1 Å². The zero-order chi connectivity index (χ0) is 23.8. The molecule has 0 radical (unpaired) electrons. The first-order chi connectivity index (χ1) is 15.7. The zero-order valence-corrected chi connectivity index (χ0v) is 16.8. The van der Waals surface area contributed by atoms with E-state index in [2.05, 4.69) is 25.3 Å². The maximum Gasteiger partial charge on any atom is 0.573 e. The van der Waals surface area contributed by atoms with Crippen molar-refractivity contribution in [3.8, 4) is 11.5 Å². The Kier molecular flexibility index (Phi) is 7.59. The van der Waals surface area contributed by atoms with Crippen molar-refractivity contribution in [3.63, 3.8) is 0 Å². The number of fused-ring (bicyclic) bond motifs is 1. The number of nitrogens with one attached hydrogen (secondary N) is 2. The van der Waals surface area contributed by atoms with E-state index < -0.39 is 29.9 Å².